The average Bonchev–Trinajstić information content (AvgIpc) is 2.79. The van der Waals surface area contributed by atoms with Crippen molar-refractivity contribution in [3.8, 4) is 0 Å². The van der Waals surface area contributed by atoms with E-state index in [2.05, 4.69) is 62.3 Å². The molecule has 10 heteroatoms. The van der Waals surface area contributed by atoms with Crippen LogP contribution in [-0.2, 0) is 31.3 Å². The number of ether oxygens (including phenoxy) is 3. The van der Waals surface area contributed by atoms with E-state index in [1.807, 2.05) is 13.8 Å². The van der Waals surface area contributed by atoms with Gasteiger partial charge in [0.2, 0.25) is 0 Å². The van der Waals surface area contributed by atoms with Gasteiger partial charge in [-0.2, -0.15) is 0 Å². The molecular weight excluding hydrogens is 497 g/mol. The summed E-state index contributed by atoms with van der Waals surface area (Å²) in [7, 11) is -8.62. The topological polar surface area (TPSA) is 64.6 Å². The monoisotopic (exact) mass is 554 g/mol. The van der Waals surface area contributed by atoms with E-state index in [9.17, 15) is 0 Å². The molecule has 0 bridgehead atoms. The van der Waals surface area contributed by atoms with E-state index in [0.717, 1.165) is 19.3 Å². The Morgan fingerprint density at radius 3 is 0.971 bits per heavy atom. The first kappa shape index (κ1) is 35.4. The molecule has 0 aromatic heterocycles. The number of hydrogen-bond donors (Lipinski definition) is 0. The molecule has 2 atom stereocenters. The summed E-state index contributed by atoms with van der Waals surface area (Å²) in [5.41, 5.74) is 0.519. The van der Waals surface area contributed by atoms with Crippen LogP contribution in [0.1, 0.15) is 95.4 Å². The molecule has 0 aliphatic carbocycles. The van der Waals surface area contributed by atoms with E-state index < -0.39 is 25.7 Å². The van der Waals surface area contributed by atoms with Crippen LogP contribution in [-0.4, -0.2) is 77.4 Å². The lowest BCUT2D eigenvalue weighted by molar-refractivity contribution is 0.0865. The predicted octanol–water partition coefficient (Wildman–Crippen LogP) is 6.55. The summed E-state index contributed by atoms with van der Waals surface area (Å²) >= 11 is 0. The number of hydrogen-bond acceptors (Lipinski definition) is 7. The molecular formula is C25H58O7Si3. The third-order valence-electron chi connectivity index (χ3n) is 6.06. The van der Waals surface area contributed by atoms with Crippen LogP contribution in [0.5, 0.6) is 0 Å². The molecule has 0 spiro atoms. The van der Waals surface area contributed by atoms with Crippen LogP contribution in [0.4, 0.5) is 0 Å². The Morgan fingerprint density at radius 1 is 0.457 bits per heavy atom. The van der Waals surface area contributed by atoms with Crippen molar-refractivity contribution in [2.45, 2.75) is 112 Å². The molecule has 35 heavy (non-hydrogen) atoms. The zero-order valence-corrected chi connectivity index (χ0v) is 27.9. The molecule has 0 aromatic carbocycles. The molecule has 0 N–H and O–H groups in total. The molecule has 0 saturated heterocycles. The van der Waals surface area contributed by atoms with Gasteiger partial charge < -0.3 is 31.3 Å². The first-order chi connectivity index (χ1) is 16.5. The van der Waals surface area contributed by atoms with Gasteiger partial charge in [-0.15, -0.1) is 0 Å². The lowest BCUT2D eigenvalue weighted by Crippen LogP contribution is -2.68. The van der Waals surface area contributed by atoms with Gasteiger partial charge in [-0.3, -0.25) is 0 Å². The second-order valence-corrected chi connectivity index (χ2v) is 21.5. The first-order valence-electron chi connectivity index (χ1n) is 14.0. The van der Waals surface area contributed by atoms with Crippen molar-refractivity contribution in [3.63, 3.8) is 0 Å². The van der Waals surface area contributed by atoms with Crippen molar-refractivity contribution in [1.29, 1.82) is 0 Å². The molecule has 0 aliphatic heterocycles. The third kappa shape index (κ3) is 11.3. The van der Waals surface area contributed by atoms with Gasteiger partial charge in [0.1, 0.15) is 0 Å². The summed E-state index contributed by atoms with van der Waals surface area (Å²) in [5, 5.41) is 0. The van der Waals surface area contributed by atoms with E-state index in [1.165, 1.54) is 0 Å². The molecule has 0 saturated carbocycles. The number of rotatable bonds is 23. The first-order valence-corrected chi connectivity index (χ1v) is 20.3. The van der Waals surface area contributed by atoms with E-state index >= 15 is 0 Å². The second-order valence-electron chi connectivity index (χ2n) is 10.1. The molecule has 0 rings (SSSR count). The van der Waals surface area contributed by atoms with Crippen molar-refractivity contribution in [3.05, 3.63) is 0 Å². The maximum absolute atomic E-state index is 7.32. The Morgan fingerprint density at radius 2 is 0.743 bits per heavy atom. The predicted molar refractivity (Wildman–Crippen MR) is 151 cm³/mol. The second kappa shape index (κ2) is 18.6. The van der Waals surface area contributed by atoms with E-state index in [0.29, 0.717) is 51.7 Å². The van der Waals surface area contributed by atoms with Crippen LogP contribution in [0, 0.1) is 0 Å². The van der Waals surface area contributed by atoms with Crippen molar-refractivity contribution in [2.24, 2.45) is 0 Å². The Hall–Kier alpha value is 0.371. The maximum atomic E-state index is 7.32. The summed E-state index contributed by atoms with van der Waals surface area (Å²) in [6.45, 7) is 26.8. The minimum Gasteiger partial charge on any atom is -0.412 e. The molecule has 0 heterocycles. The Kier molecular flexibility index (Phi) is 18.8. The molecule has 0 aliphatic rings. The van der Waals surface area contributed by atoms with Gasteiger partial charge in [-0.25, -0.2) is 0 Å². The zero-order valence-electron chi connectivity index (χ0n) is 24.9. The van der Waals surface area contributed by atoms with E-state index in [-0.39, 0.29) is 16.6 Å². The summed E-state index contributed by atoms with van der Waals surface area (Å²) in [6.07, 6.45) is 4.28. The fourth-order valence-electron chi connectivity index (χ4n) is 3.74. The van der Waals surface area contributed by atoms with E-state index in [1.54, 1.807) is 0 Å². The highest BCUT2D eigenvalue weighted by Crippen LogP contribution is 2.38. The minimum atomic E-state index is -3.01. The van der Waals surface area contributed by atoms with Crippen LogP contribution in [0.3, 0.4) is 0 Å². The highest BCUT2D eigenvalue weighted by atomic mass is 28.5. The summed E-state index contributed by atoms with van der Waals surface area (Å²) in [6, 6.07) is 0. The van der Waals surface area contributed by atoms with Gasteiger partial charge in [0.25, 0.3) is 0 Å². The summed E-state index contributed by atoms with van der Waals surface area (Å²) < 4.78 is 46.1. The fourth-order valence-corrected chi connectivity index (χ4v) is 18.2. The largest absolute Gasteiger partial charge is 0.412 e. The highest BCUT2D eigenvalue weighted by molar-refractivity contribution is 6.88. The van der Waals surface area contributed by atoms with Crippen molar-refractivity contribution in [1.82, 2.24) is 0 Å². The minimum absolute atomic E-state index is 0.133. The highest BCUT2D eigenvalue weighted by Gasteiger charge is 2.58. The van der Waals surface area contributed by atoms with Crippen molar-refractivity contribution in [2.75, 3.05) is 51.7 Å². The smallest absolute Gasteiger partial charge is 0.358 e. The van der Waals surface area contributed by atoms with Gasteiger partial charge in [0, 0.05) is 33.0 Å². The van der Waals surface area contributed by atoms with Gasteiger partial charge in [0.15, 0.2) is 0 Å². The average molecular weight is 555 g/mol. The van der Waals surface area contributed by atoms with Crippen LogP contribution >= 0.6 is 0 Å². The van der Waals surface area contributed by atoms with E-state index in [4.69, 9.17) is 31.3 Å². The quantitative estimate of drug-likeness (QED) is 0.105. The fraction of sp³-hybridized carbons (Fsp3) is 1.00. The zero-order chi connectivity index (χ0) is 27.0. The molecule has 0 radical (unpaired) electrons. The van der Waals surface area contributed by atoms with Gasteiger partial charge in [0.05, 0.1) is 18.7 Å². The van der Waals surface area contributed by atoms with Crippen molar-refractivity contribution >= 4 is 25.7 Å². The molecule has 0 aromatic rings. The molecule has 2 unspecified atom stereocenters. The van der Waals surface area contributed by atoms with Gasteiger partial charge in [-0.05, 0) is 49.7 Å². The van der Waals surface area contributed by atoms with Crippen molar-refractivity contribution < 1.29 is 31.3 Å². The third-order valence-corrected chi connectivity index (χ3v) is 20.2. The SMILES string of the molecule is CCCOC[Si](OCC)(O[Si](COCCC)(O[Si](COCCC)(OCC)C(C)C)C(C)C)C(C)C. The normalized spacial score (nSPS) is 17.7. The van der Waals surface area contributed by atoms with Gasteiger partial charge >= 0.3 is 25.7 Å². The standard InChI is InChI=1S/C25H58O7Si3/c1-12-17-26-20-33(23(6)7,29-15-4)31-35(25(10)11,22-28-19-14-3)32-34(24(8)9,30-16-5)21-27-18-13-2/h23-25H,12-22H2,1-11H3. The maximum Gasteiger partial charge on any atom is 0.358 e. The lowest BCUT2D eigenvalue weighted by Gasteiger charge is -2.48. The van der Waals surface area contributed by atoms with Crippen LogP contribution < -0.4 is 0 Å². The van der Waals surface area contributed by atoms with Crippen LogP contribution in [0.15, 0.2) is 0 Å². The van der Waals surface area contributed by atoms with Crippen LogP contribution in [0.2, 0.25) is 16.6 Å². The Balaban J connectivity index is 6.60. The summed E-state index contributed by atoms with van der Waals surface area (Å²) in [4.78, 5) is 0. The Labute approximate surface area is 220 Å². The molecule has 212 valence electrons. The Bertz CT molecular complexity index is 491. The molecule has 0 amide bonds. The molecule has 0 fully saturated rings. The lowest BCUT2D eigenvalue weighted by atomic mass is 10.5. The summed E-state index contributed by atoms with van der Waals surface area (Å²) in [5.74, 6) is 0. The van der Waals surface area contributed by atoms with Gasteiger partial charge in [-0.1, -0.05) is 62.3 Å². The molecule has 7 nitrogen and oxygen atoms in total. The van der Waals surface area contributed by atoms with Crippen LogP contribution in [0.25, 0.3) is 0 Å².